The van der Waals surface area contributed by atoms with Crippen molar-refractivity contribution in [3.63, 3.8) is 0 Å². The molecule has 1 unspecified atom stereocenters. The topological polar surface area (TPSA) is 73.6 Å². The largest absolute Gasteiger partial charge is 0.486 e. The quantitative estimate of drug-likeness (QED) is 0.871. The first-order valence-corrected chi connectivity index (χ1v) is 7.70. The number of halogens is 1. The summed E-state index contributed by atoms with van der Waals surface area (Å²) in [5, 5.41) is 2.90. The van der Waals surface area contributed by atoms with Gasteiger partial charge in [-0.15, -0.1) is 12.4 Å². The maximum atomic E-state index is 12.4. The van der Waals surface area contributed by atoms with Crippen LogP contribution in [0.4, 0.5) is 5.69 Å². The van der Waals surface area contributed by atoms with Crippen LogP contribution in [0.15, 0.2) is 48.5 Å². The van der Waals surface area contributed by atoms with E-state index in [9.17, 15) is 4.79 Å². The van der Waals surface area contributed by atoms with Gasteiger partial charge >= 0.3 is 0 Å². The summed E-state index contributed by atoms with van der Waals surface area (Å²) in [5.74, 6) is 0.488. The monoisotopic (exact) mass is 348 g/mol. The SMILES string of the molecule is Cl.NCc1ccc(C(=O)Nc2ccccc2OC2CCOC2)cc1. The molecule has 1 amide bonds. The third kappa shape index (κ3) is 4.47. The van der Waals surface area contributed by atoms with Gasteiger partial charge in [0.1, 0.15) is 11.9 Å². The van der Waals surface area contributed by atoms with E-state index >= 15 is 0 Å². The zero-order valence-corrected chi connectivity index (χ0v) is 14.1. The Labute approximate surface area is 147 Å². The maximum absolute atomic E-state index is 12.4. The summed E-state index contributed by atoms with van der Waals surface area (Å²) >= 11 is 0. The lowest BCUT2D eigenvalue weighted by Crippen LogP contribution is -2.18. The number of hydrogen-bond donors (Lipinski definition) is 2. The van der Waals surface area contributed by atoms with Crippen molar-refractivity contribution in [2.24, 2.45) is 5.73 Å². The Kier molecular flexibility index (Phi) is 6.61. The molecule has 5 nitrogen and oxygen atoms in total. The summed E-state index contributed by atoms with van der Waals surface area (Å²) in [7, 11) is 0. The fourth-order valence-electron chi connectivity index (χ4n) is 2.44. The number of para-hydroxylation sites is 2. The Bertz CT molecular complexity index is 670. The average Bonchev–Trinajstić information content (AvgIpc) is 3.10. The van der Waals surface area contributed by atoms with Crippen molar-refractivity contribution in [1.29, 1.82) is 0 Å². The summed E-state index contributed by atoms with van der Waals surface area (Å²) in [4.78, 5) is 12.4. The van der Waals surface area contributed by atoms with Gasteiger partial charge in [0.15, 0.2) is 0 Å². The van der Waals surface area contributed by atoms with Crippen molar-refractivity contribution < 1.29 is 14.3 Å². The minimum atomic E-state index is -0.174. The van der Waals surface area contributed by atoms with Crippen molar-refractivity contribution in [2.75, 3.05) is 18.5 Å². The molecule has 1 heterocycles. The lowest BCUT2D eigenvalue weighted by molar-refractivity contribution is 0.102. The highest BCUT2D eigenvalue weighted by atomic mass is 35.5. The lowest BCUT2D eigenvalue weighted by atomic mass is 10.1. The van der Waals surface area contributed by atoms with Gasteiger partial charge in [-0.25, -0.2) is 0 Å². The van der Waals surface area contributed by atoms with Crippen LogP contribution in [-0.4, -0.2) is 25.2 Å². The van der Waals surface area contributed by atoms with Gasteiger partial charge in [-0.3, -0.25) is 4.79 Å². The number of nitrogens with two attached hydrogens (primary N) is 1. The summed E-state index contributed by atoms with van der Waals surface area (Å²) in [5.41, 5.74) is 7.81. The Morgan fingerprint density at radius 2 is 1.96 bits per heavy atom. The van der Waals surface area contributed by atoms with E-state index in [0.29, 0.717) is 36.8 Å². The van der Waals surface area contributed by atoms with Crippen molar-refractivity contribution in [3.8, 4) is 5.75 Å². The van der Waals surface area contributed by atoms with E-state index in [1.807, 2.05) is 36.4 Å². The number of carbonyl (C=O) groups is 1. The first-order chi connectivity index (χ1) is 11.3. The minimum absolute atomic E-state index is 0. The molecule has 6 heteroatoms. The molecule has 2 aromatic rings. The van der Waals surface area contributed by atoms with Crippen LogP contribution in [0.1, 0.15) is 22.3 Å². The highest BCUT2D eigenvalue weighted by Gasteiger charge is 2.19. The van der Waals surface area contributed by atoms with Gasteiger partial charge < -0.3 is 20.5 Å². The number of nitrogens with one attached hydrogen (secondary N) is 1. The van der Waals surface area contributed by atoms with Gasteiger partial charge in [-0.05, 0) is 29.8 Å². The van der Waals surface area contributed by atoms with Gasteiger partial charge in [0.2, 0.25) is 0 Å². The number of anilines is 1. The van der Waals surface area contributed by atoms with Crippen molar-refractivity contribution in [3.05, 3.63) is 59.7 Å². The average molecular weight is 349 g/mol. The highest BCUT2D eigenvalue weighted by molar-refractivity contribution is 6.05. The molecule has 0 aromatic heterocycles. The zero-order chi connectivity index (χ0) is 16.1. The second kappa shape index (κ2) is 8.68. The van der Waals surface area contributed by atoms with Gasteiger partial charge in [0, 0.05) is 18.5 Å². The van der Waals surface area contributed by atoms with Crippen LogP contribution in [0.25, 0.3) is 0 Å². The van der Waals surface area contributed by atoms with Gasteiger partial charge in [0.05, 0.1) is 18.9 Å². The van der Waals surface area contributed by atoms with Crippen LogP contribution in [0.2, 0.25) is 0 Å². The van der Waals surface area contributed by atoms with E-state index in [1.54, 1.807) is 12.1 Å². The first kappa shape index (κ1) is 18.3. The molecule has 1 fully saturated rings. The molecule has 1 aliphatic rings. The molecule has 0 bridgehead atoms. The van der Waals surface area contributed by atoms with Crippen LogP contribution in [0, 0.1) is 0 Å². The Balaban J connectivity index is 0.00000208. The zero-order valence-electron chi connectivity index (χ0n) is 13.2. The molecule has 2 aromatic carbocycles. The Morgan fingerprint density at radius 3 is 2.62 bits per heavy atom. The van der Waals surface area contributed by atoms with E-state index in [-0.39, 0.29) is 24.4 Å². The smallest absolute Gasteiger partial charge is 0.255 e. The van der Waals surface area contributed by atoms with E-state index in [0.717, 1.165) is 12.0 Å². The molecule has 3 N–H and O–H groups in total. The highest BCUT2D eigenvalue weighted by Crippen LogP contribution is 2.27. The predicted octanol–water partition coefficient (Wildman–Crippen LogP) is 2.99. The molecule has 1 aliphatic heterocycles. The van der Waals surface area contributed by atoms with E-state index < -0.39 is 0 Å². The van der Waals surface area contributed by atoms with Crippen molar-refractivity contribution in [2.45, 2.75) is 19.1 Å². The summed E-state index contributed by atoms with van der Waals surface area (Å²) in [6, 6.07) is 14.7. The maximum Gasteiger partial charge on any atom is 0.255 e. The Hall–Kier alpha value is -2.08. The molecule has 1 atom stereocenters. The molecular weight excluding hydrogens is 328 g/mol. The van der Waals surface area contributed by atoms with E-state index in [1.165, 1.54) is 0 Å². The van der Waals surface area contributed by atoms with Crippen molar-refractivity contribution >= 4 is 24.0 Å². The summed E-state index contributed by atoms with van der Waals surface area (Å²) in [6.07, 6.45) is 0.903. The number of amides is 1. The fourth-order valence-corrected chi connectivity index (χ4v) is 2.44. The molecule has 3 rings (SSSR count). The number of rotatable bonds is 5. The van der Waals surface area contributed by atoms with Crippen LogP contribution in [0.5, 0.6) is 5.75 Å². The van der Waals surface area contributed by atoms with Crippen LogP contribution < -0.4 is 15.8 Å². The standard InChI is InChI=1S/C18H20N2O3.ClH/c19-11-13-5-7-14(8-6-13)18(21)20-16-3-1-2-4-17(16)23-15-9-10-22-12-15;/h1-8,15H,9-12,19H2,(H,20,21);1H. The van der Waals surface area contributed by atoms with Crippen LogP contribution >= 0.6 is 12.4 Å². The van der Waals surface area contributed by atoms with Crippen LogP contribution in [-0.2, 0) is 11.3 Å². The van der Waals surface area contributed by atoms with Crippen molar-refractivity contribution in [1.82, 2.24) is 0 Å². The number of ether oxygens (including phenoxy) is 2. The first-order valence-electron chi connectivity index (χ1n) is 7.70. The third-order valence-electron chi connectivity index (χ3n) is 3.77. The number of benzene rings is 2. The summed E-state index contributed by atoms with van der Waals surface area (Å²) in [6.45, 7) is 1.76. The summed E-state index contributed by atoms with van der Waals surface area (Å²) < 4.78 is 11.2. The molecule has 0 saturated carbocycles. The third-order valence-corrected chi connectivity index (χ3v) is 3.77. The molecule has 0 spiro atoms. The second-order valence-electron chi connectivity index (χ2n) is 5.45. The minimum Gasteiger partial charge on any atom is -0.486 e. The molecule has 0 radical (unpaired) electrons. The lowest BCUT2D eigenvalue weighted by Gasteiger charge is -2.16. The molecule has 24 heavy (non-hydrogen) atoms. The second-order valence-corrected chi connectivity index (χ2v) is 5.45. The number of hydrogen-bond acceptors (Lipinski definition) is 4. The van der Waals surface area contributed by atoms with E-state index in [4.69, 9.17) is 15.2 Å². The normalized spacial score (nSPS) is 16.3. The molecular formula is C18H21ClN2O3. The van der Waals surface area contributed by atoms with Gasteiger partial charge in [0.25, 0.3) is 5.91 Å². The fraction of sp³-hybridized carbons (Fsp3) is 0.278. The number of carbonyl (C=O) groups excluding carboxylic acids is 1. The molecule has 0 aliphatic carbocycles. The Morgan fingerprint density at radius 1 is 1.21 bits per heavy atom. The predicted molar refractivity (Wildman–Crippen MR) is 95.8 cm³/mol. The molecule has 1 saturated heterocycles. The molecule has 128 valence electrons. The van der Waals surface area contributed by atoms with Gasteiger partial charge in [-0.2, -0.15) is 0 Å². The van der Waals surface area contributed by atoms with E-state index in [2.05, 4.69) is 5.32 Å². The van der Waals surface area contributed by atoms with Crippen LogP contribution in [0.3, 0.4) is 0 Å². The van der Waals surface area contributed by atoms with Gasteiger partial charge in [-0.1, -0.05) is 24.3 Å².